The van der Waals surface area contributed by atoms with Crippen molar-refractivity contribution < 1.29 is 22.3 Å². The third-order valence-corrected chi connectivity index (χ3v) is 5.40. The lowest BCUT2D eigenvalue weighted by atomic mass is 9.77. The van der Waals surface area contributed by atoms with Gasteiger partial charge in [0.1, 0.15) is 4.90 Å². The fourth-order valence-electron chi connectivity index (χ4n) is 2.44. The minimum Gasteiger partial charge on any atom is -0.400 e. The molecule has 1 fully saturated rings. The van der Waals surface area contributed by atoms with Gasteiger partial charge in [0.15, 0.2) is 0 Å². The molecule has 0 atom stereocenters. The van der Waals surface area contributed by atoms with Crippen LogP contribution >= 0.6 is 0 Å². The number of likely N-dealkylation sites (N-methyl/N-ethyl adjacent to an activating group) is 1. The SMILES string of the molecule is CNCC(=Cc1ccccc1S(=O)(=O)O)B1OC(C)(C)C(C)(C)O1. The fraction of sp³-hybridized carbons (Fsp3) is 0.500. The van der Waals surface area contributed by atoms with Gasteiger partial charge in [-0.05, 0) is 51.8 Å². The Morgan fingerprint density at radius 3 is 2.25 bits per heavy atom. The van der Waals surface area contributed by atoms with Crippen molar-refractivity contribution in [2.75, 3.05) is 13.6 Å². The Morgan fingerprint density at radius 1 is 1.21 bits per heavy atom. The molecule has 2 rings (SSSR count). The predicted octanol–water partition coefficient (Wildman–Crippen LogP) is 2.17. The van der Waals surface area contributed by atoms with Crippen LogP contribution in [-0.2, 0) is 19.4 Å². The monoisotopic (exact) mass is 353 g/mol. The van der Waals surface area contributed by atoms with Gasteiger partial charge in [0.25, 0.3) is 10.1 Å². The Bertz CT molecular complexity index is 727. The van der Waals surface area contributed by atoms with Crippen LogP contribution in [0.4, 0.5) is 0 Å². The second-order valence-electron chi connectivity index (χ2n) is 6.85. The Morgan fingerprint density at radius 2 is 1.75 bits per heavy atom. The van der Waals surface area contributed by atoms with Crippen LogP contribution in [0, 0.1) is 0 Å². The van der Waals surface area contributed by atoms with E-state index < -0.39 is 28.4 Å². The first-order valence-electron chi connectivity index (χ1n) is 7.75. The van der Waals surface area contributed by atoms with Crippen LogP contribution in [0.1, 0.15) is 33.3 Å². The van der Waals surface area contributed by atoms with E-state index >= 15 is 0 Å². The molecule has 1 aromatic rings. The van der Waals surface area contributed by atoms with Crippen LogP contribution in [0.25, 0.3) is 6.08 Å². The highest BCUT2D eigenvalue weighted by molar-refractivity contribution is 7.85. The van der Waals surface area contributed by atoms with E-state index in [2.05, 4.69) is 5.32 Å². The Balaban J connectivity index is 2.45. The van der Waals surface area contributed by atoms with Crippen LogP contribution in [0.3, 0.4) is 0 Å². The number of hydrogen-bond acceptors (Lipinski definition) is 5. The molecule has 2 N–H and O–H groups in total. The van der Waals surface area contributed by atoms with E-state index in [4.69, 9.17) is 9.31 Å². The maximum Gasteiger partial charge on any atom is 0.491 e. The van der Waals surface area contributed by atoms with E-state index in [1.165, 1.54) is 6.07 Å². The average molecular weight is 353 g/mol. The van der Waals surface area contributed by atoms with Crippen molar-refractivity contribution in [2.45, 2.75) is 43.8 Å². The van der Waals surface area contributed by atoms with Gasteiger partial charge in [-0.2, -0.15) is 8.42 Å². The summed E-state index contributed by atoms with van der Waals surface area (Å²) < 4.78 is 44.6. The largest absolute Gasteiger partial charge is 0.491 e. The highest BCUT2D eigenvalue weighted by atomic mass is 32.2. The number of benzene rings is 1. The van der Waals surface area contributed by atoms with Crippen molar-refractivity contribution >= 4 is 23.3 Å². The first-order valence-corrected chi connectivity index (χ1v) is 9.19. The highest BCUT2D eigenvalue weighted by Crippen LogP contribution is 2.38. The molecule has 6 nitrogen and oxygen atoms in total. The van der Waals surface area contributed by atoms with Gasteiger partial charge in [-0.3, -0.25) is 4.55 Å². The molecule has 0 unspecified atom stereocenters. The number of hydrogen-bond donors (Lipinski definition) is 2. The fourth-order valence-corrected chi connectivity index (χ4v) is 3.11. The molecule has 1 saturated heterocycles. The molecule has 0 amide bonds. The minimum absolute atomic E-state index is 0.143. The van der Waals surface area contributed by atoms with Crippen LogP contribution < -0.4 is 5.32 Å². The summed E-state index contributed by atoms with van der Waals surface area (Å²) in [6.07, 6.45) is 1.68. The Labute approximate surface area is 144 Å². The zero-order valence-electron chi connectivity index (χ0n) is 14.7. The quantitative estimate of drug-likeness (QED) is 0.623. The van der Waals surface area contributed by atoms with Crippen LogP contribution in [0.5, 0.6) is 0 Å². The van der Waals surface area contributed by atoms with Gasteiger partial charge >= 0.3 is 7.12 Å². The second kappa shape index (κ2) is 6.61. The molecule has 24 heavy (non-hydrogen) atoms. The predicted molar refractivity (Wildman–Crippen MR) is 94.2 cm³/mol. The molecular formula is C16H24BNO5S. The molecular weight excluding hydrogens is 329 g/mol. The van der Waals surface area contributed by atoms with Crippen molar-refractivity contribution in [1.82, 2.24) is 5.32 Å². The first-order chi connectivity index (χ1) is 11.0. The first kappa shape index (κ1) is 19.1. The van der Waals surface area contributed by atoms with Crippen LogP contribution in [0.15, 0.2) is 34.6 Å². The third-order valence-electron chi connectivity index (χ3n) is 4.47. The summed E-state index contributed by atoms with van der Waals surface area (Å²) >= 11 is 0. The smallest absolute Gasteiger partial charge is 0.400 e. The molecule has 0 saturated carbocycles. The molecule has 8 heteroatoms. The van der Waals surface area contributed by atoms with Crippen molar-refractivity contribution in [3.05, 3.63) is 35.3 Å². The molecule has 0 aliphatic carbocycles. The lowest BCUT2D eigenvalue weighted by Crippen LogP contribution is -2.41. The summed E-state index contributed by atoms with van der Waals surface area (Å²) in [6, 6.07) is 6.27. The molecule has 1 heterocycles. The van der Waals surface area contributed by atoms with E-state index in [1.807, 2.05) is 27.7 Å². The number of rotatable bonds is 5. The van der Waals surface area contributed by atoms with E-state index in [0.29, 0.717) is 12.1 Å². The lowest BCUT2D eigenvalue weighted by molar-refractivity contribution is 0.00578. The lowest BCUT2D eigenvalue weighted by Gasteiger charge is -2.32. The topological polar surface area (TPSA) is 84.9 Å². The van der Waals surface area contributed by atoms with Crippen molar-refractivity contribution in [3.8, 4) is 0 Å². The van der Waals surface area contributed by atoms with Gasteiger partial charge in [-0.25, -0.2) is 0 Å². The summed E-state index contributed by atoms with van der Waals surface area (Å²) in [6.45, 7) is 8.27. The van der Waals surface area contributed by atoms with E-state index in [1.54, 1.807) is 31.3 Å². The van der Waals surface area contributed by atoms with Crippen LogP contribution in [-0.4, -0.2) is 44.9 Å². The van der Waals surface area contributed by atoms with Crippen molar-refractivity contribution in [1.29, 1.82) is 0 Å². The van der Waals surface area contributed by atoms with Crippen molar-refractivity contribution in [2.24, 2.45) is 0 Å². The summed E-state index contributed by atoms with van der Waals surface area (Å²) in [7, 11) is -3.12. The second-order valence-corrected chi connectivity index (χ2v) is 8.24. The third kappa shape index (κ3) is 3.89. The molecule has 1 aliphatic heterocycles. The van der Waals surface area contributed by atoms with Gasteiger partial charge in [0.2, 0.25) is 0 Å². The van der Waals surface area contributed by atoms with Gasteiger partial charge in [-0.15, -0.1) is 0 Å². The summed E-state index contributed by atoms with van der Waals surface area (Å²) in [4.78, 5) is -0.143. The van der Waals surface area contributed by atoms with Gasteiger partial charge in [0.05, 0.1) is 11.2 Å². The zero-order chi connectivity index (χ0) is 18.2. The standard InChI is InChI=1S/C16H24BNO5S/c1-15(2)16(3,4)23-17(22-15)13(11-18-5)10-12-8-6-7-9-14(12)24(19,20)21/h6-10,18H,11H2,1-5H3,(H,19,20,21). The summed E-state index contributed by atoms with van der Waals surface area (Å²) in [5, 5.41) is 3.04. The molecule has 0 spiro atoms. The Hall–Kier alpha value is -1.19. The summed E-state index contributed by atoms with van der Waals surface area (Å²) in [5.74, 6) is 0. The molecule has 0 radical (unpaired) electrons. The maximum atomic E-state index is 11.6. The molecule has 0 bridgehead atoms. The molecule has 132 valence electrons. The molecule has 0 aromatic heterocycles. The molecule has 1 aromatic carbocycles. The van der Waals surface area contributed by atoms with Crippen molar-refractivity contribution in [3.63, 3.8) is 0 Å². The van der Waals surface area contributed by atoms with Gasteiger partial charge < -0.3 is 14.6 Å². The van der Waals surface area contributed by atoms with Gasteiger partial charge in [0, 0.05) is 6.54 Å². The zero-order valence-corrected chi connectivity index (χ0v) is 15.5. The minimum atomic E-state index is -4.31. The normalized spacial score (nSPS) is 20.4. The number of nitrogens with one attached hydrogen (secondary N) is 1. The molecule has 1 aliphatic rings. The Kier molecular flexibility index (Phi) is 5.27. The van der Waals surface area contributed by atoms with E-state index in [0.717, 1.165) is 5.47 Å². The van der Waals surface area contributed by atoms with E-state index in [9.17, 15) is 13.0 Å². The van der Waals surface area contributed by atoms with Crippen LogP contribution in [0.2, 0.25) is 0 Å². The highest BCUT2D eigenvalue weighted by Gasteiger charge is 2.52. The van der Waals surface area contributed by atoms with Gasteiger partial charge in [-0.1, -0.05) is 24.3 Å². The van der Waals surface area contributed by atoms with E-state index in [-0.39, 0.29) is 4.90 Å². The summed E-state index contributed by atoms with van der Waals surface area (Å²) in [5.41, 5.74) is 0.146. The maximum absolute atomic E-state index is 11.6. The average Bonchev–Trinajstić information content (AvgIpc) is 2.66.